The number of ether oxygens (including phenoxy) is 1. The molecule has 0 amide bonds. The second kappa shape index (κ2) is 7.79. The van der Waals surface area contributed by atoms with Crippen molar-refractivity contribution >= 4 is 0 Å². The average molecular weight is 287 g/mol. The lowest BCUT2D eigenvalue weighted by Gasteiger charge is -2.20. The van der Waals surface area contributed by atoms with Crippen LogP contribution in [-0.4, -0.2) is 13.2 Å². The van der Waals surface area contributed by atoms with Gasteiger partial charge in [0.1, 0.15) is 11.6 Å². The fourth-order valence-electron chi connectivity index (χ4n) is 2.41. The maximum absolute atomic E-state index is 13.5. The first-order valence-electron chi connectivity index (χ1n) is 7.38. The fourth-order valence-corrected chi connectivity index (χ4v) is 2.41. The van der Waals surface area contributed by atoms with E-state index in [0.29, 0.717) is 6.61 Å². The van der Waals surface area contributed by atoms with Crippen molar-refractivity contribution in [2.75, 3.05) is 13.2 Å². The Bertz CT molecular complexity index is 556. The van der Waals surface area contributed by atoms with Gasteiger partial charge >= 0.3 is 0 Å². The van der Waals surface area contributed by atoms with Crippen molar-refractivity contribution in [2.45, 2.75) is 26.3 Å². The van der Waals surface area contributed by atoms with Crippen LogP contribution in [0.1, 0.15) is 30.5 Å². The number of nitrogens with one attached hydrogen (secondary N) is 1. The molecule has 1 atom stereocenters. The summed E-state index contributed by atoms with van der Waals surface area (Å²) in [6, 6.07) is 14.8. The number of aryl methyl sites for hydroxylation is 1. The third-order valence-electron chi connectivity index (χ3n) is 3.49. The molecule has 0 radical (unpaired) electrons. The largest absolute Gasteiger partial charge is 0.494 e. The monoisotopic (exact) mass is 287 g/mol. The number of benzene rings is 2. The van der Waals surface area contributed by atoms with E-state index in [1.165, 1.54) is 6.07 Å². The van der Waals surface area contributed by atoms with Gasteiger partial charge < -0.3 is 10.1 Å². The molecule has 0 saturated heterocycles. The summed E-state index contributed by atoms with van der Waals surface area (Å²) < 4.78 is 19.2. The highest BCUT2D eigenvalue weighted by Crippen LogP contribution is 2.22. The Labute approximate surface area is 126 Å². The van der Waals surface area contributed by atoms with Crippen molar-refractivity contribution in [1.82, 2.24) is 5.32 Å². The van der Waals surface area contributed by atoms with E-state index in [2.05, 4.69) is 12.2 Å². The molecule has 0 bridgehead atoms. The Balaban J connectivity index is 2.00. The molecule has 2 aromatic carbocycles. The predicted molar refractivity (Wildman–Crippen MR) is 84.1 cm³/mol. The van der Waals surface area contributed by atoms with Crippen molar-refractivity contribution < 1.29 is 9.13 Å². The molecule has 0 saturated carbocycles. The van der Waals surface area contributed by atoms with Crippen LogP contribution in [-0.2, 0) is 0 Å². The molecule has 0 aromatic heterocycles. The minimum atomic E-state index is -0.192. The predicted octanol–water partition coefficient (Wildman–Crippen LogP) is 4.25. The Hall–Kier alpha value is -1.87. The lowest BCUT2D eigenvalue weighted by atomic mass is 9.99. The van der Waals surface area contributed by atoms with E-state index in [9.17, 15) is 4.39 Å². The van der Waals surface area contributed by atoms with Crippen LogP contribution in [0, 0.1) is 12.7 Å². The zero-order valence-corrected chi connectivity index (χ0v) is 12.6. The summed E-state index contributed by atoms with van der Waals surface area (Å²) in [6.07, 6.45) is 0.799. The average Bonchev–Trinajstić information content (AvgIpc) is 2.50. The van der Waals surface area contributed by atoms with E-state index in [1.807, 2.05) is 43.3 Å². The second-order valence-electron chi connectivity index (χ2n) is 5.06. The van der Waals surface area contributed by atoms with Crippen LogP contribution in [0.3, 0.4) is 0 Å². The van der Waals surface area contributed by atoms with Gasteiger partial charge in [0, 0.05) is 12.5 Å². The van der Waals surface area contributed by atoms with Gasteiger partial charge in [-0.2, -0.15) is 0 Å². The minimum Gasteiger partial charge on any atom is -0.494 e. The minimum absolute atomic E-state index is 0.106. The summed E-state index contributed by atoms with van der Waals surface area (Å²) in [6.45, 7) is 5.50. The smallest absolute Gasteiger partial charge is 0.123 e. The first-order chi connectivity index (χ1) is 10.2. The van der Waals surface area contributed by atoms with Crippen LogP contribution in [0.5, 0.6) is 5.75 Å². The first kappa shape index (κ1) is 15.5. The molecule has 3 heteroatoms. The molecule has 0 spiro atoms. The topological polar surface area (TPSA) is 21.3 Å². The Morgan fingerprint density at radius 2 is 1.90 bits per heavy atom. The van der Waals surface area contributed by atoms with Crippen LogP contribution in [0.15, 0.2) is 48.5 Å². The number of halogens is 1. The molecule has 2 rings (SSSR count). The SMILES string of the molecule is CCNC(CCOc1ccccc1)c1cc(F)ccc1C. The van der Waals surface area contributed by atoms with Crippen LogP contribution in [0.2, 0.25) is 0 Å². The molecule has 0 heterocycles. The van der Waals surface area contributed by atoms with Crippen molar-refractivity contribution in [3.05, 3.63) is 65.5 Å². The van der Waals surface area contributed by atoms with Gasteiger partial charge in [-0.15, -0.1) is 0 Å². The van der Waals surface area contributed by atoms with E-state index < -0.39 is 0 Å². The number of rotatable bonds is 7. The number of para-hydroxylation sites is 1. The Morgan fingerprint density at radius 3 is 2.62 bits per heavy atom. The lowest BCUT2D eigenvalue weighted by Crippen LogP contribution is -2.23. The maximum Gasteiger partial charge on any atom is 0.123 e. The van der Waals surface area contributed by atoms with Gasteiger partial charge in [0.05, 0.1) is 6.61 Å². The van der Waals surface area contributed by atoms with Crippen molar-refractivity contribution in [3.63, 3.8) is 0 Å². The second-order valence-corrected chi connectivity index (χ2v) is 5.06. The molecule has 2 aromatic rings. The van der Waals surface area contributed by atoms with E-state index in [-0.39, 0.29) is 11.9 Å². The summed E-state index contributed by atoms with van der Waals surface area (Å²) in [5, 5.41) is 3.41. The van der Waals surface area contributed by atoms with E-state index in [1.54, 1.807) is 6.07 Å². The lowest BCUT2D eigenvalue weighted by molar-refractivity contribution is 0.287. The van der Waals surface area contributed by atoms with E-state index >= 15 is 0 Å². The highest BCUT2D eigenvalue weighted by Gasteiger charge is 2.13. The van der Waals surface area contributed by atoms with Crippen molar-refractivity contribution in [2.24, 2.45) is 0 Å². The molecule has 0 aliphatic heterocycles. The van der Waals surface area contributed by atoms with Crippen LogP contribution < -0.4 is 10.1 Å². The molecule has 1 N–H and O–H groups in total. The molecule has 2 nitrogen and oxygen atoms in total. The highest BCUT2D eigenvalue weighted by molar-refractivity contribution is 5.29. The fraction of sp³-hybridized carbons (Fsp3) is 0.333. The summed E-state index contributed by atoms with van der Waals surface area (Å²) in [4.78, 5) is 0. The van der Waals surface area contributed by atoms with E-state index in [0.717, 1.165) is 29.8 Å². The van der Waals surface area contributed by atoms with Crippen LogP contribution in [0.25, 0.3) is 0 Å². The van der Waals surface area contributed by atoms with Crippen LogP contribution in [0.4, 0.5) is 4.39 Å². The standard InChI is InChI=1S/C18H22FNO/c1-3-20-18(17-13-15(19)10-9-14(17)2)11-12-21-16-7-5-4-6-8-16/h4-10,13,18,20H,3,11-12H2,1-2H3. The zero-order valence-electron chi connectivity index (χ0n) is 12.6. The summed E-state index contributed by atoms with van der Waals surface area (Å²) in [7, 11) is 0. The van der Waals surface area contributed by atoms with Gasteiger partial charge in [-0.1, -0.05) is 31.2 Å². The Morgan fingerprint density at radius 1 is 1.14 bits per heavy atom. The Kier molecular flexibility index (Phi) is 5.76. The molecular formula is C18H22FNO. The third kappa shape index (κ3) is 4.57. The molecule has 0 aliphatic rings. The summed E-state index contributed by atoms with van der Waals surface area (Å²) >= 11 is 0. The van der Waals surface area contributed by atoms with Gasteiger partial charge in [0.2, 0.25) is 0 Å². The van der Waals surface area contributed by atoms with E-state index in [4.69, 9.17) is 4.74 Å². The van der Waals surface area contributed by atoms with Gasteiger partial charge in [-0.3, -0.25) is 0 Å². The number of hydrogen-bond acceptors (Lipinski definition) is 2. The van der Waals surface area contributed by atoms with Gasteiger partial charge in [0.25, 0.3) is 0 Å². The molecule has 0 aliphatic carbocycles. The normalized spacial score (nSPS) is 12.1. The third-order valence-corrected chi connectivity index (χ3v) is 3.49. The highest BCUT2D eigenvalue weighted by atomic mass is 19.1. The summed E-state index contributed by atoms with van der Waals surface area (Å²) in [5.74, 6) is 0.672. The molecular weight excluding hydrogens is 265 g/mol. The van der Waals surface area contributed by atoms with Crippen molar-refractivity contribution in [3.8, 4) is 5.75 Å². The first-order valence-corrected chi connectivity index (χ1v) is 7.38. The van der Waals surface area contributed by atoms with Gasteiger partial charge in [-0.05, 0) is 48.9 Å². The van der Waals surface area contributed by atoms with Gasteiger partial charge in [-0.25, -0.2) is 4.39 Å². The molecule has 112 valence electrons. The quantitative estimate of drug-likeness (QED) is 0.822. The zero-order chi connectivity index (χ0) is 15.1. The van der Waals surface area contributed by atoms with Gasteiger partial charge in [0.15, 0.2) is 0 Å². The van der Waals surface area contributed by atoms with Crippen molar-refractivity contribution in [1.29, 1.82) is 0 Å². The molecule has 1 unspecified atom stereocenters. The summed E-state index contributed by atoms with van der Waals surface area (Å²) in [5.41, 5.74) is 2.11. The molecule has 21 heavy (non-hydrogen) atoms. The molecule has 0 fully saturated rings. The maximum atomic E-state index is 13.5. The number of hydrogen-bond donors (Lipinski definition) is 1. The van der Waals surface area contributed by atoms with Crippen LogP contribution >= 0.6 is 0 Å².